The summed E-state index contributed by atoms with van der Waals surface area (Å²) in [7, 11) is 3.77. The van der Waals surface area contributed by atoms with Crippen LogP contribution in [0.1, 0.15) is 4.88 Å². The van der Waals surface area contributed by atoms with Crippen molar-refractivity contribution in [3.8, 4) is 11.1 Å². The van der Waals surface area contributed by atoms with Crippen LogP contribution in [0.15, 0.2) is 41.5 Å². The Morgan fingerprint density at radius 3 is 2.68 bits per heavy atom. The number of rotatable bonds is 3. The van der Waals surface area contributed by atoms with E-state index in [1.165, 1.54) is 11.0 Å². The number of thiophene rings is 1. The zero-order valence-electron chi connectivity index (χ0n) is 12.7. The van der Waals surface area contributed by atoms with Crippen LogP contribution >= 0.6 is 11.3 Å². The molecule has 0 unspecified atom stereocenters. The molecule has 0 radical (unpaired) electrons. The lowest BCUT2D eigenvalue weighted by molar-refractivity contribution is -0.459. The molecule has 2 aromatic heterocycles. The van der Waals surface area contributed by atoms with E-state index in [1.807, 2.05) is 55.9 Å². The van der Waals surface area contributed by atoms with Crippen molar-refractivity contribution in [2.75, 3.05) is 19.5 Å². The summed E-state index contributed by atoms with van der Waals surface area (Å²) in [4.78, 5) is 19.0. The van der Waals surface area contributed by atoms with Crippen molar-refractivity contribution in [2.24, 2.45) is 0 Å². The van der Waals surface area contributed by atoms with Gasteiger partial charge in [-0.15, -0.1) is 16.0 Å². The quantitative estimate of drug-likeness (QED) is 0.458. The molecule has 0 saturated heterocycles. The number of hydrogen-bond acceptors (Lipinski definition) is 3. The first kappa shape index (κ1) is 14.5. The molecule has 0 aliphatic heterocycles. The third-order valence-corrected chi connectivity index (χ3v) is 4.32. The molecule has 0 spiro atoms. The Morgan fingerprint density at radius 2 is 2.00 bits per heavy atom. The van der Waals surface area contributed by atoms with Gasteiger partial charge >= 0.3 is 0 Å². The molecule has 1 N–H and O–H groups in total. The van der Waals surface area contributed by atoms with E-state index in [0.717, 1.165) is 20.8 Å². The highest BCUT2D eigenvalue weighted by atomic mass is 32.1. The van der Waals surface area contributed by atoms with Gasteiger partial charge in [-0.1, -0.05) is 30.3 Å². The van der Waals surface area contributed by atoms with Crippen molar-refractivity contribution < 1.29 is 4.58 Å². The minimum absolute atomic E-state index is 0.0914. The van der Waals surface area contributed by atoms with Crippen LogP contribution in [-0.4, -0.2) is 34.7 Å². The van der Waals surface area contributed by atoms with E-state index in [0.29, 0.717) is 5.39 Å². The van der Waals surface area contributed by atoms with Crippen LogP contribution in [0, 0.1) is 6.92 Å². The molecule has 2 heterocycles. The van der Waals surface area contributed by atoms with Crippen molar-refractivity contribution in [1.29, 1.82) is 0 Å². The second kappa shape index (κ2) is 5.73. The van der Waals surface area contributed by atoms with Crippen LogP contribution in [0.3, 0.4) is 0 Å². The van der Waals surface area contributed by atoms with Gasteiger partial charge in [-0.25, -0.2) is 4.98 Å². The summed E-state index contributed by atoms with van der Waals surface area (Å²) < 4.78 is 3.23. The van der Waals surface area contributed by atoms with Crippen molar-refractivity contribution in [1.82, 2.24) is 9.66 Å². The maximum absolute atomic E-state index is 12.8. The first-order chi connectivity index (χ1) is 10.6. The monoisotopic (exact) mass is 313 g/mol. The lowest BCUT2D eigenvalue weighted by atomic mass is 10.0. The smallest absolute Gasteiger partial charge is 0.272 e. The van der Waals surface area contributed by atoms with Crippen molar-refractivity contribution in [2.45, 2.75) is 6.92 Å². The number of nitrogens with one attached hydrogen (secondary N) is 1. The van der Waals surface area contributed by atoms with Crippen molar-refractivity contribution in [3.63, 3.8) is 0 Å². The molecular weight excluding hydrogens is 296 g/mol. The van der Waals surface area contributed by atoms with Crippen molar-refractivity contribution >= 4 is 27.9 Å². The van der Waals surface area contributed by atoms with Gasteiger partial charge < -0.3 is 0 Å². The fourth-order valence-electron chi connectivity index (χ4n) is 2.32. The highest BCUT2D eigenvalue weighted by molar-refractivity contribution is 7.19. The van der Waals surface area contributed by atoms with E-state index in [9.17, 15) is 4.79 Å². The van der Waals surface area contributed by atoms with Crippen LogP contribution in [-0.2, 0) is 0 Å². The second-order valence-electron chi connectivity index (χ2n) is 5.22. The standard InChI is InChI=1S/C16H16N4OS/c1-11-13(12-7-5-4-6-8-12)14-15(22-11)17-9-20(16(14)21)18-10-19(2)3/h4-10H,1-3H3/p+1. The molecule has 112 valence electrons. The predicted octanol–water partition coefficient (Wildman–Crippen LogP) is 2.28. The fourth-order valence-corrected chi connectivity index (χ4v) is 3.33. The number of aryl methyl sites for hydroxylation is 1. The summed E-state index contributed by atoms with van der Waals surface area (Å²) in [6.45, 7) is 2.03. The molecule has 0 bridgehead atoms. The molecular formula is C16H17N4OS+. The molecule has 0 fully saturated rings. The zero-order chi connectivity index (χ0) is 15.7. The van der Waals surface area contributed by atoms with Gasteiger partial charge in [0.25, 0.3) is 11.9 Å². The van der Waals surface area contributed by atoms with Gasteiger partial charge in [0.2, 0.25) is 0 Å². The zero-order valence-corrected chi connectivity index (χ0v) is 13.5. The minimum Gasteiger partial charge on any atom is -0.272 e. The average molecular weight is 313 g/mol. The van der Waals surface area contributed by atoms with Gasteiger partial charge in [0, 0.05) is 10.4 Å². The van der Waals surface area contributed by atoms with E-state index in [1.54, 1.807) is 17.7 Å². The van der Waals surface area contributed by atoms with Crippen LogP contribution in [0.4, 0.5) is 0 Å². The third kappa shape index (κ3) is 2.53. The Bertz CT molecular complexity index is 905. The van der Waals surface area contributed by atoms with E-state index in [2.05, 4.69) is 10.4 Å². The number of hydrogen-bond donors (Lipinski definition) is 1. The van der Waals surface area contributed by atoms with Gasteiger partial charge in [-0.05, 0) is 12.5 Å². The molecule has 0 saturated carbocycles. The Balaban J connectivity index is 2.25. The summed E-state index contributed by atoms with van der Waals surface area (Å²) >= 11 is 1.55. The summed E-state index contributed by atoms with van der Waals surface area (Å²) in [6.07, 6.45) is 3.23. The third-order valence-electron chi connectivity index (χ3n) is 3.31. The SMILES string of the molecule is Cc1sc2ncn(NC=[N+](C)C)c(=O)c2c1-c1ccccc1. The van der Waals surface area contributed by atoms with Gasteiger partial charge in [0.15, 0.2) is 0 Å². The molecule has 6 heteroatoms. The van der Waals surface area contributed by atoms with Gasteiger partial charge in [-0.2, -0.15) is 5.43 Å². The first-order valence-electron chi connectivity index (χ1n) is 6.90. The van der Waals surface area contributed by atoms with Crippen LogP contribution in [0.25, 0.3) is 21.3 Å². The Morgan fingerprint density at radius 1 is 1.27 bits per heavy atom. The van der Waals surface area contributed by atoms with Crippen LogP contribution in [0.5, 0.6) is 0 Å². The maximum atomic E-state index is 12.8. The predicted molar refractivity (Wildman–Crippen MR) is 91.6 cm³/mol. The molecule has 3 rings (SSSR count). The van der Waals surface area contributed by atoms with Crippen LogP contribution < -0.4 is 11.0 Å². The Labute approximate surface area is 132 Å². The summed E-state index contributed by atoms with van der Waals surface area (Å²) in [5.74, 6) is 0. The minimum atomic E-state index is -0.0914. The lowest BCUT2D eigenvalue weighted by Gasteiger charge is -2.03. The van der Waals surface area contributed by atoms with E-state index >= 15 is 0 Å². The topological polar surface area (TPSA) is 49.9 Å². The van der Waals surface area contributed by atoms with E-state index in [4.69, 9.17) is 0 Å². The summed E-state index contributed by atoms with van der Waals surface area (Å²) in [5, 5.41) is 0.663. The number of benzene rings is 1. The van der Waals surface area contributed by atoms with E-state index in [-0.39, 0.29) is 5.56 Å². The summed E-state index contributed by atoms with van der Waals surface area (Å²) in [6, 6.07) is 9.96. The first-order valence-corrected chi connectivity index (χ1v) is 7.72. The van der Waals surface area contributed by atoms with Gasteiger partial charge in [0.1, 0.15) is 11.2 Å². The highest BCUT2D eigenvalue weighted by Gasteiger charge is 2.17. The number of aromatic nitrogens is 2. The molecule has 1 aromatic carbocycles. The maximum Gasteiger partial charge on any atom is 0.298 e. The number of fused-ring (bicyclic) bond motifs is 1. The molecule has 0 atom stereocenters. The van der Waals surface area contributed by atoms with Gasteiger partial charge in [0.05, 0.1) is 19.5 Å². The molecule has 0 amide bonds. The van der Waals surface area contributed by atoms with Crippen LogP contribution in [0.2, 0.25) is 0 Å². The Hall–Kier alpha value is -2.47. The molecule has 0 aliphatic carbocycles. The van der Waals surface area contributed by atoms with Gasteiger partial charge in [-0.3, -0.25) is 9.37 Å². The Kier molecular flexibility index (Phi) is 3.77. The highest BCUT2D eigenvalue weighted by Crippen LogP contribution is 2.34. The number of nitrogens with zero attached hydrogens (tertiary/aromatic N) is 3. The normalized spacial score (nSPS) is 10.7. The van der Waals surface area contributed by atoms with Crippen molar-refractivity contribution in [3.05, 3.63) is 51.9 Å². The second-order valence-corrected chi connectivity index (χ2v) is 6.42. The van der Waals surface area contributed by atoms with E-state index < -0.39 is 0 Å². The largest absolute Gasteiger partial charge is 0.298 e. The summed E-state index contributed by atoms with van der Waals surface area (Å²) in [5.41, 5.74) is 4.86. The molecule has 3 aromatic rings. The molecule has 0 aliphatic rings. The average Bonchev–Trinajstić information content (AvgIpc) is 2.84. The fraction of sp³-hybridized carbons (Fsp3) is 0.188. The lowest BCUT2D eigenvalue weighted by Crippen LogP contribution is -2.30. The molecule has 22 heavy (non-hydrogen) atoms. The molecule has 5 nitrogen and oxygen atoms in total.